The first-order valence-corrected chi connectivity index (χ1v) is 10.5. The summed E-state index contributed by atoms with van der Waals surface area (Å²) in [5.74, 6) is 1.28. The predicted molar refractivity (Wildman–Crippen MR) is 108 cm³/mol. The van der Waals surface area contributed by atoms with Crippen molar-refractivity contribution in [1.82, 2.24) is 5.32 Å². The molecule has 1 aromatic carbocycles. The van der Waals surface area contributed by atoms with Crippen molar-refractivity contribution in [2.45, 2.75) is 77.0 Å². The van der Waals surface area contributed by atoms with Gasteiger partial charge < -0.3 is 19.6 Å². The maximum Gasteiger partial charge on any atom is 0.223 e. The molecule has 2 aromatic rings. The molecule has 2 N–H and O–H groups in total. The highest BCUT2D eigenvalue weighted by Crippen LogP contribution is 2.37. The van der Waals surface area contributed by atoms with Gasteiger partial charge in [-0.3, -0.25) is 4.79 Å². The number of furan rings is 1. The predicted octanol–water partition coefficient (Wildman–Crippen LogP) is 4.34. The van der Waals surface area contributed by atoms with E-state index in [1.807, 2.05) is 39.0 Å². The van der Waals surface area contributed by atoms with Crippen LogP contribution in [0.3, 0.4) is 0 Å². The molecule has 2 fully saturated rings. The summed E-state index contributed by atoms with van der Waals surface area (Å²) in [6, 6.07) is 6.18. The van der Waals surface area contributed by atoms with E-state index in [9.17, 15) is 9.90 Å². The first kappa shape index (κ1) is 19.3. The highest BCUT2D eigenvalue weighted by Gasteiger charge is 2.38. The molecule has 0 radical (unpaired) electrons. The fourth-order valence-corrected chi connectivity index (χ4v) is 4.57. The third-order valence-corrected chi connectivity index (χ3v) is 6.59. The van der Waals surface area contributed by atoms with Gasteiger partial charge in [0, 0.05) is 17.3 Å². The van der Waals surface area contributed by atoms with E-state index in [4.69, 9.17) is 9.15 Å². The van der Waals surface area contributed by atoms with Gasteiger partial charge in [-0.2, -0.15) is 0 Å². The van der Waals surface area contributed by atoms with Gasteiger partial charge in [-0.25, -0.2) is 0 Å². The van der Waals surface area contributed by atoms with E-state index >= 15 is 0 Å². The zero-order valence-electron chi connectivity index (χ0n) is 17.0. The maximum atomic E-state index is 12.6. The number of aliphatic hydroxyl groups is 1. The number of rotatable bonds is 5. The summed E-state index contributed by atoms with van der Waals surface area (Å²) in [5.41, 5.74) is 1.27. The normalized spacial score (nSPS) is 28.0. The van der Waals surface area contributed by atoms with Crippen molar-refractivity contribution in [1.29, 1.82) is 0 Å². The smallest absolute Gasteiger partial charge is 0.223 e. The molecule has 1 heterocycles. The van der Waals surface area contributed by atoms with Gasteiger partial charge in [-0.15, -0.1) is 0 Å². The second-order valence-electron chi connectivity index (χ2n) is 9.17. The quantitative estimate of drug-likeness (QED) is 0.803. The van der Waals surface area contributed by atoms with E-state index in [-0.39, 0.29) is 24.0 Å². The number of benzene rings is 1. The van der Waals surface area contributed by atoms with Crippen molar-refractivity contribution in [2.24, 2.45) is 11.8 Å². The molecule has 2 aliphatic rings. The van der Waals surface area contributed by atoms with Crippen LogP contribution in [-0.4, -0.2) is 28.8 Å². The van der Waals surface area contributed by atoms with Crippen LogP contribution in [-0.2, 0) is 4.79 Å². The highest BCUT2D eigenvalue weighted by atomic mass is 16.5. The molecule has 4 rings (SSSR count). The van der Waals surface area contributed by atoms with Gasteiger partial charge in [0.15, 0.2) is 11.3 Å². The second-order valence-corrected chi connectivity index (χ2v) is 9.17. The molecule has 2 aliphatic carbocycles. The molecule has 0 unspecified atom stereocenters. The number of fused-ring (bicyclic) bond motifs is 1. The van der Waals surface area contributed by atoms with Crippen LogP contribution in [0.25, 0.3) is 11.0 Å². The van der Waals surface area contributed by atoms with Crippen LogP contribution in [0.15, 0.2) is 28.9 Å². The van der Waals surface area contributed by atoms with Crippen LogP contribution in [0.2, 0.25) is 0 Å². The minimum atomic E-state index is -0.622. The Morgan fingerprint density at radius 1 is 1.21 bits per heavy atom. The van der Waals surface area contributed by atoms with E-state index in [2.05, 4.69) is 5.32 Å². The Balaban J connectivity index is 1.25. The fourth-order valence-electron chi connectivity index (χ4n) is 4.57. The fraction of sp³-hybridized carbons (Fsp3) is 0.609. The summed E-state index contributed by atoms with van der Waals surface area (Å²) >= 11 is 0. The van der Waals surface area contributed by atoms with Crippen LogP contribution in [0.4, 0.5) is 0 Å². The zero-order chi connectivity index (χ0) is 19.9. The molecule has 1 amide bonds. The highest BCUT2D eigenvalue weighted by molar-refractivity contribution is 5.86. The Morgan fingerprint density at radius 2 is 1.93 bits per heavy atom. The number of hydrogen-bond acceptors (Lipinski definition) is 4. The monoisotopic (exact) mass is 385 g/mol. The van der Waals surface area contributed by atoms with Crippen molar-refractivity contribution >= 4 is 16.9 Å². The molecule has 0 spiro atoms. The van der Waals surface area contributed by atoms with E-state index < -0.39 is 5.60 Å². The van der Waals surface area contributed by atoms with E-state index in [0.717, 1.165) is 60.8 Å². The summed E-state index contributed by atoms with van der Waals surface area (Å²) in [7, 11) is 0. The number of amides is 1. The average molecular weight is 386 g/mol. The van der Waals surface area contributed by atoms with Gasteiger partial charge in [0.1, 0.15) is 6.10 Å². The molecule has 152 valence electrons. The summed E-state index contributed by atoms with van der Waals surface area (Å²) in [6.45, 7) is 5.79. The third kappa shape index (κ3) is 3.90. The number of para-hydroxylation sites is 1. The lowest BCUT2D eigenvalue weighted by atomic mass is 9.76. The van der Waals surface area contributed by atoms with Crippen LogP contribution in [0, 0.1) is 18.8 Å². The number of carbonyl (C=O) groups excluding carboxylic acids is 1. The van der Waals surface area contributed by atoms with E-state index in [1.54, 1.807) is 6.26 Å². The van der Waals surface area contributed by atoms with Crippen LogP contribution >= 0.6 is 0 Å². The van der Waals surface area contributed by atoms with Gasteiger partial charge in [-0.05, 0) is 76.8 Å². The Morgan fingerprint density at radius 3 is 2.61 bits per heavy atom. The summed E-state index contributed by atoms with van der Waals surface area (Å²) < 4.78 is 11.7. The molecular weight excluding hydrogens is 354 g/mol. The minimum absolute atomic E-state index is 0.0366. The van der Waals surface area contributed by atoms with Gasteiger partial charge in [-0.1, -0.05) is 12.1 Å². The lowest BCUT2D eigenvalue weighted by Gasteiger charge is -2.38. The molecule has 0 bridgehead atoms. The number of carbonyl (C=O) groups is 1. The standard InChI is InChI=1S/C23H31NO4/c1-14-13-27-21-19(14)5-4-6-20(21)28-18-11-15(12-18)22(25)24-17-9-7-16(8-10-17)23(2,3)26/h4-6,13,15-18,26H,7-12H2,1-3H3,(H,24,25)/t15-,16-,17-,18-. The molecule has 5 nitrogen and oxygen atoms in total. The zero-order valence-corrected chi connectivity index (χ0v) is 17.0. The third-order valence-electron chi connectivity index (χ3n) is 6.59. The summed E-state index contributed by atoms with van der Waals surface area (Å²) in [6.07, 6.45) is 7.16. The maximum absolute atomic E-state index is 12.6. The molecule has 0 atom stereocenters. The molecule has 1 aromatic heterocycles. The van der Waals surface area contributed by atoms with Gasteiger partial charge in [0.25, 0.3) is 0 Å². The molecule has 2 saturated carbocycles. The summed E-state index contributed by atoms with van der Waals surface area (Å²) in [5, 5.41) is 14.4. The first-order valence-electron chi connectivity index (χ1n) is 10.5. The molecule has 5 heteroatoms. The Kier molecular flexibility index (Phi) is 5.13. The number of nitrogens with one attached hydrogen (secondary N) is 1. The second kappa shape index (κ2) is 7.43. The van der Waals surface area contributed by atoms with Crippen molar-refractivity contribution in [2.75, 3.05) is 0 Å². The van der Waals surface area contributed by atoms with Crippen molar-refractivity contribution in [3.63, 3.8) is 0 Å². The largest absolute Gasteiger partial charge is 0.486 e. The molecule has 28 heavy (non-hydrogen) atoms. The lowest BCUT2D eigenvalue weighted by Crippen LogP contribution is -2.48. The van der Waals surface area contributed by atoms with Crippen molar-refractivity contribution in [3.05, 3.63) is 30.0 Å². The van der Waals surface area contributed by atoms with Crippen molar-refractivity contribution < 1.29 is 19.1 Å². The SMILES string of the molecule is Cc1coc2c(O[C@H]3C[C@H](C(=O)N[C@H]4CC[C@H](C(C)(C)O)CC4)C3)cccc12. The number of hydrogen-bond donors (Lipinski definition) is 2. The Bertz CT molecular complexity index is 836. The van der Waals surface area contributed by atoms with E-state index in [0.29, 0.717) is 5.92 Å². The topological polar surface area (TPSA) is 71.7 Å². The van der Waals surface area contributed by atoms with Crippen LogP contribution in [0.1, 0.15) is 57.9 Å². The molecular formula is C23H31NO4. The average Bonchev–Trinajstić information content (AvgIpc) is 2.99. The van der Waals surface area contributed by atoms with Gasteiger partial charge in [0.05, 0.1) is 11.9 Å². The number of aryl methyl sites for hydroxylation is 1. The van der Waals surface area contributed by atoms with Gasteiger partial charge >= 0.3 is 0 Å². The Labute approximate surface area is 166 Å². The van der Waals surface area contributed by atoms with E-state index in [1.165, 1.54) is 0 Å². The van der Waals surface area contributed by atoms with Gasteiger partial charge in [0.2, 0.25) is 5.91 Å². The molecule has 0 saturated heterocycles. The Hall–Kier alpha value is -2.01. The van der Waals surface area contributed by atoms with Crippen molar-refractivity contribution in [3.8, 4) is 5.75 Å². The minimum Gasteiger partial charge on any atom is -0.486 e. The first-order chi connectivity index (χ1) is 13.3. The van der Waals surface area contributed by atoms with Crippen LogP contribution < -0.4 is 10.1 Å². The molecule has 0 aliphatic heterocycles. The summed E-state index contributed by atoms with van der Waals surface area (Å²) in [4.78, 5) is 12.6. The lowest BCUT2D eigenvalue weighted by molar-refractivity contribution is -0.131. The number of ether oxygens (including phenoxy) is 1. The van der Waals surface area contributed by atoms with Crippen LogP contribution in [0.5, 0.6) is 5.75 Å².